The van der Waals surface area contributed by atoms with E-state index in [2.05, 4.69) is 36.5 Å². The van der Waals surface area contributed by atoms with Crippen LogP contribution < -0.4 is 10.2 Å². The van der Waals surface area contributed by atoms with Gasteiger partial charge < -0.3 is 4.74 Å². The minimum absolute atomic E-state index is 0.252. The van der Waals surface area contributed by atoms with Crippen molar-refractivity contribution in [2.24, 2.45) is 5.10 Å². The molecule has 0 fully saturated rings. The molecule has 114 valence electrons. The molecule has 0 radical (unpaired) electrons. The van der Waals surface area contributed by atoms with Crippen molar-refractivity contribution in [1.29, 1.82) is 0 Å². The zero-order valence-electron chi connectivity index (χ0n) is 13.0. The van der Waals surface area contributed by atoms with Gasteiger partial charge in [-0.05, 0) is 41.3 Å². The maximum absolute atomic E-state index is 11.9. The first kappa shape index (κ1) is 15.8. The van der Waals surface area contributed by atoms with Crippen molar-refractivity contribution in [3.05, 3.63) is 65.2 Å². The fourth-order valence-electron chi connectivity index (χ4n) is 1.94. The first-order valence-corrected chi connectivity index (χ1v) is 7.17. The van der Waals surface area contributed by atoms with Crippen LogP contribution >= 0.6 is 0 Å². The second-order valence-electron chi connectivity index (χ2n) is 5.25. The number of methoxy groups -OCH3 is 1. The summed E-state index contributed by atoms with van der Waals surface area (Å²) in [6, 6.07) is 15.0. The van der Waals surface area contributed by atoms with E-state index in [1.54, 1.807) is 37.6 Å². The third-order valence-electron chi connectivity index (χ3n) is 3.34. The first-order chi connectivity index (χ1) is 10.6. The summed E-state index contributed by atoms with van der Waals surface area (Å²) in [5, 5.41) is 3.98. The van der Waals surface area contributed by atoms with Crippen molar-refractivity contribution in [3.8, 4) is 5.75 Å². The Morgan fingerprint density at radius 3 is 2.27 bits per heavy atom. The van der Waals surface area contributed by atoms with Crippen LogP contribution in [0, 0.1) is 0 Å². The normalized spacial score (nSPS) is 10.9. The number of carbonyl (C=O) groups is 1. The molecule has 1 N–H and O–H groups in total. The Morgan fingerprint density at radius 1 is 1.09 bits per heavy atom. The molecular weight excluding hydrogens is 276 g/mol. The summed E-state index contributed by atoms with van der Waals surface area (Å²) in [4.78, 5) is 11.9. The fraction of sp³-hybridized carbons (Fsp3) is 0.222. The van der Waals surface area contributed by atoms with E-state index in [-0.39, 0.29) is 5.91 Å². The van der Waals surface area contributed by atoms with Crippen LogP contribution in [-0.4, -0.2) is 19.2 Å². The van der Waals surface area contributed by atoms with Gasteiger partial charge in [0.25, 0.3) is 5.91 Å². The molecule has 2 aromatic rings. The Balaban J connectivity index is 1.94. The summed E-state index contributed by atoms with van der Waals surface area (Å²) in [6.07, 6.45) is 1.63. The monoisotopic (exact) mass is 296 g/mol. The van der Waals surface area contributed by atoms with Crippen LogP contribution in [0.15, 0.2) is 53.6 Å². The Hall–Kier alpha value is -2.62. The SMILES string of the molecule is COc1ccc(C(=O)NN=Cc2ccc(C(C)C)cc2)cc1. The fourth-order valence-corrected chi connectivity index (χ4v) is 1.94. The van der Waals surface area contributed by atoms with Gasteiger partial charge in [-0.15, -0.1) is 0 Å². The van der Waals surface area contributed by atoms with Gasteiger partial charge in [-0.1, -0.05) is 38.1 Å². The average molecular weight is 296 g/mol. The molecule has 1 amide bonds. The maximum Gasteiger partial charge on any atom is 0.271 e. The minimum Gasteiger partial charge on any atom is -0.497 e. The first-order valence-electron chi connectivity index (χ1n) is 7.17. The van der Waals surface area contributed by atoms with E-state index >= 15 is 0 Å². The number of carbonyl (C=O) groups excluding carboxylic acids is 1. The number of nitrogens with zero attached hydrogens (tertiary/aromatic N) is 1. The van der Waals surface area contributed by atoms with Gasteiger partial charge in [-0.25, -0.2) is 5.43 Å². The molecule has 0 unspecified atom stereocenters. The number of hydrogen-bond donors (Lipinski definition) is 1. The summed E-state index contributed by atoms with van der Waals surface area (Å²) in [7, 11) is 1.59. The largest absolute Gasteiger partial charge is 0.497 e. The van der Waals surface area contributed by atoms with Gasteiger partial charge in [-0.3, -0.25) is 4.79 Å². The molecule has 0 bridgehead atoms. The molecule has 0 saturated carbocycles. The smallest absolute Gasteiger partial charge is 0.271 e. The molecule has 0 aliphatic rings. The lowest BCUT2D eigenvalue weighted by Gasteiger charge is -2.04. The highest BCUT2D eigenvalue weighted by Gasteiger charge is 2.03. The number of amides is 1. The topological polar surface area (TPSA) is 50.7 Å². The van der Waals surface area contributed by atoms with Crippen LogP contribution in [0.4, 0.5) is 0 Å². The van der Waals surface area contributed by atoms with E-state index in [4.69, 9.17) is 4.74 Å². The number of hydrogen-bond acceptors (Lipinski definition) is 3. The Bertz CT molecular complexity index is 644. The predicted octanol–water partition coefficient (Wildman–Crippen LogP) is 3.58. The molecule has 4 heteroatoms. The Morgan fingerprint density at radius 2 is 1.73 bits per heavy atom. The van der Waals surface area contributed by atoms with Crippen molar-refractivity contribution < 1.29 is 9.53 Å². The molecular formula is C18H20N2O2. The van der Waals surface area contributed by atoms with Crippen LogP contribution in [0.5, 0.6) is 5.75 Å². The second-order valence-corrected chi connectivity index (χ2v) is 5.25. The molecule has 22 heavy (non-hydrogen) atoms. The number of hydrazone groups is 1. The quantitative estimate of drug-likeness (QED) is 0.677. The lowest BCUT2D eigenvalue weighted by atomic mass is 10.0. The van der Waals surface area contributed by atoms with Crippen molar-refractivity contribution >= 4 is 12.1 Å². The lowest BCUT2D eigenvalue weighted by molar-refractivity contribution is 0.0955. The highest BCUT2D eigenvalue weighted by molar-refractivity contribution is 5.94. The molecule has 0 aromatic heterocycles. The van der Waals surface area contributed by atoms with Gasteiger partial charge in [0.2, 0.25) is 0 Å². The van der Waals surface area contributed by atoms with E-state index in [0.29, 0.717) is 17.2 Å². The van der Waals surface area contributed by atoms with E-state index in [9.17, 15) is 4.79 Å². The van der Waals surface area contributed by atoms with Crippen LogP contribution in [0.25, 0.3) is 0 Å². The second kappa shape index (κ2) is 7.41. The van der Waals surface area contributed by atoms with Crippen molar-refractivity contribution in [1.82, 2.24) is 5.43 Å². The zero-order valence-corrected chi connectivity index (χ0v) is 13.0. The highest BCUT2D eigenvalue weighted by Crippen LogP contribution is 2.14. The summed E-state index contributed by atoms with van der Waals surface area (Å²) in [6.45, 7) is 4.30. The number of rotatable bonds is 5. The Kier molecular flexibility index (Phi) is 5.31. The van der Waals surface area contributed by atoms with Gasteiger partial charge in [-0.2, -0.15) is 5.10 Å². The lowest BCUT2D eigenvalue weighted by Crippen LogP contribution is -2.17. The van der Waals surface area contributed by atoms with Gasteiger partial charge in [0.05, 0.1) is 13.3 Å². The van der Waals surface area contributed by atoms with E-state index in [0.717, 1.165) is 5.56 Å². The minimum atomic E-state index is -0.252. The maximum atomic E-state index is 11.9. The zero-order chi connectivity index (χ0) is 15.9. The molecule has 0 aliphatic carbocycles. The molecule has 4 nitrogen and oxygen atoms in total. The van der Waals surface area contributed by atoms with Gasteiger partial charge >= 0.3 is 0 Å². The number of nitrogens with one attached hydrogen (secondary N) is 1. The van der Waals surface area contributed by atoms with E-state index < -0.39 is 0 Å². The molecule has 0 spiro atoms. The average Bonchev–Trinajstić information content (AvgIpc) is 2.55. The van der Waals surface area contributed by atoms with Crippen LogP contribution in [0.1, 0.15) is 41.3 Å². The van der Waals surface area contributed by atoms with Crippen LogP contribution in [0.2, 0.25) is 0 Å². The summed E-state index contributed by atoms with van der Waals surface area (Å²) in [5.74, 6) is 0.962. The number of benzene rings is 2. The van der Waals surface area contributed by atoms with Gasteiger partial charge in [0, 0.05) is 5.56 Å². The molecule has 0 saturated heterocycles. The van der Waals surface area contributed by atoms with Crippen molar-refractivity contribution in [2.45, 2.75) is 19.8 Å². The van der Waals surface area contributed by atoms with E-state index in [1.807, 2.05) is 12.1 Å². The highest BCUT2D eigenvalue weighted by atomic mass is 16.5. The number of ether oxygens (including phenoxy) is 1. The van der Waals surface area contributed by atoms with Crippen molar-refractivity contribution in [3.63, 3.8) is 0 Å². The predicted molar refractivity (Wildman–Crippen MR) is 88.6 cm³/mol. The van der Waals surface area contributed by atoms with Crippen LogP contribution in [0.3, 0.4) is 0 Å². The molecule has 2 aromatic carbocycles. The summed E-state index contributed by atoms with van der Waals surface area (Å²) < 4.78 is 5.05. The third-order valence-corrected chi connectivity index (χ3v) is 3.34. The standard InChI is InChI=1S/C18H20N2O2/c1-13(2)15-6-4-14(5-7-15)12-19-20-18(21)16-8-10-17(22-3)11-9-16/h4-13H,1-3H3,(H,20,21). The third kappa shape index (κ3) is 4.19. The van der Waals surface area contributed by atoms with Gasteiger partial charge in [0.1, 0.15) is 5.75 Å². The molecule has 0 atom stereocenters. The van der Waals surface area contributed by atoms with Crippen molar-refractivity contribution in [2.75, 3.05) is 7.11 Å². The Labute approximate surface area is 130 Å². The molecule has 0 aliphatic heterocycles. The van der Waals surface area contributed by atoms with Gasteiger partial charge in [0.15, 0.2) is 0 Å². The summed E-state index contributed by atoms with van der Waals surface area (Å²) >= 11 is 0. The molecule has 0 heterocycles. The molecule has 2 rings (SSSR count). The summed E-state index contributed by atoms with van der Waals surface area (Å²) in [5.41, 5.74) is 5.27. The van der Waals surface area contributed by atoms with E-state index in [1.165, 1.54) is 5.56 Å². The van der Waals surface area contributed by atoms with Crippen LogP contribution in [-0.2, 0) is 0 Å².